The van der Waals surface area contributed by atoms with Crippen LogP contribution in [0.3, 0.4) is 0 Å². The van der Waals surface area contributed by atoms with Gasteiger partial charge >= 0.3 is 0 Å². The maximum Gasteiger partial charge on any atom is 0.256 e. The molecule has 0 bridgehead atoms. The van der Waals surface area contributed by atoms with Crippen molar-refractivity contribution in [3.63, 3.8) is 0 Å². The molecule has 1 N–H and O–H groups in total. The highest BCUT2D eigenvalue weighted by molar-refractivity contribution is 6.12. The van der Waals surface area contributed by atoms with E-state index in [4.69, 9.17) is 8.83 Å². The molecule has 0 saturated heterocycles. The second-order valence-corrected chi connectivity index (χ2v) is 5.03. The van der Waals surface area contributed by atoms with Gasteiger partial charge in [-0.15, -0.1) is 10.2 Å². The number of nitrogens with one attached hydrogen (secondary N) is 1. The van der Waals surface area contributed by atoms with Crippen LogP contribution in [0.25, 0.3) is 22.4 Å². The fraction of sp³-hybridized carbons (Fsp3) is 0. The minimum absolute atomic E-state index is 0.0643. The minimum atomic E-state index is -0.504. The molecule has 0 fully saturated rings. The van der Waals surface area contributed by atoms with Gasteiger partial charge in [0, 0.05) is 16.6 Å². The molecule has 7 heteroatoms. The second-order valence-electron chi connectivity index (χ2n) is 5.03. The molecular formula is C17H10FN3O3. The van der Waals surface area contributed by atoms with Crippen molar-refractivity contribution in [1.82, 2.24) is 10.2 Å². The molecule has 2 aromatic heterocycles. The van der Waals surface area contributed by atoms with E-state index in [0.717, 1.165) is 5.56 Å². The normalized spacial score (nSPS) is 10.9. The molecule has 0 radical (unpaired) electrons. The third kappa shape index (κ3) is 2.41. The van der Waals surface area contributed by atoms with E-state index in [9.17, 15) is 9.18 Å². The molecule has 0 aliphatic rings. The van der Waals surface area contributed by atoms with Crippen molar-refractivity contribution >= 4 is 22.6 Å². The number of fused-ring (bicyclic) bond motifs is 1. The first kappa shape index (κ1) is 14.1. The first-order valence-electron chi connectivity index (χ1n) is 7.06. The predicted molar refractivity (Wildman–Crippen MR) is 83.9 cm³/mol. The van der Waals surface area contributed by atoms with Gasteiger partial charge in [-0.25, -0.2) is 4.39 Å². The van der Waals surface area contributed by atoms with Crippen LogP contribution >= 0.6 is 0 Å². The van der Waals surface area contributed by atoms with Gasteiger partial charge in [0.25, 0.3) is 5.91 Å². The number of hydrogen-bond acceptors (Lipinski definition) is 5. The highest BCUT2D eigenvalue weighted by Gasteiger charge is 2.15. The fourth-order valence-electron chi connectivity index (χ4n) is 2.42. The van der Waals surface area contributed by atoms with Gasteiger partial charge in [0.15, 0.2) is 11.4 Å². The summed E-state index contributed by atoms with van der Waals surface area (Å²) in [5.41, 5.74) is 1.73. The van der Waals surface area contributed by atoms with Gasteiger partial charge in [-0.2, -0.15) is 0 Å². The van der Waals surface area contributed by atoms with E-state index in [-0.39, 0.29) is 11.5 Å². The lowest BCUT2D eigenvalue weighted by atomic mass is 10.1. The number of hydrogen-bond donors (Lipinski definition) is 1. The zero-order chi connectivity index (χ0) is 16.5. The second kappa shape index (κ2) is 5.62. The van der Waals surface area contributed by atoms with E-state index in [0.29, 0.717) is 22.5 Å². The maximum atomic E-state index is 13.6. The highest BCUT2D eigenvalue weighted by Crippen LogP contribution is 2.24. The number of benzene rings is 2. The summed E-state index contributed by atoms with van der Waals surface area (Å²) in [6.07, 6.45) is 2.60. The molecule has 2 aromatic carbocycles. The molecule has 0 aliphatic carbocycles. The van der Waals surface area contributed by atoms with Crippen LogP contribution in [0.15, 0.2) is 64.0 Å². The van der Waals surface area contributed by atoms with Crippen LogP contribution in [0.2, 0.25) is 0 Å². The van der Waals surface area contributed by atoms with Crippen LogP contribution in [-0.4, -0.2) is 16.1 Å². The van der Waals surface area contributed by atoms with Gasteiger partial charge in [0.05, 0.1) is 11.8 Å². The molecular weight excluding hydrogens is 313 g/mol. The summed E-state index contributed by atoms with van der Waals surface area (Å²) in [7, 11) is 0. The van der Waals surface area contributed by atoms with Crippen LogP contribution in [0.4, 0.5) is 10.1 Å². The third-order valence-corrected chi connectivity index (χ3v) is 3.56. The average molecular weight is 323 g/mol. The Morgan fingerprint density at radius 2 is 1.88 bits per heavy atom. The molecule has 2 heterocycles. The molecule has 4 rings (SSSR count). The number of anilines is 1. The summed E-state index contributed by atoms with van der Waals surface area (Å²) in [6, 6.07) is 11.1. The van der Waals surface area contributed by atoms with Crippen LogP contribution in [0.5, 0.6) is 0 Å². The van der Waals surface area contributed by atoms with Crippen LogP contribution in [0.1, 0.15) is 10.4 Å². The molecule has 1 amide bonds. The molecule has 0 unspecified atom stereocenters. The summed E-state index contributed by atoms with van der Waals surface area (Å²) >= 11 is 0. The molecule has 0 atom stereocenters. The van der Waals surface area contributed by atoms with Crippen molar-refractivity contribution in [2.45, 2.75) is 0 Å². The van der Waals surface area contributed by atoms with Crippen molar-refractivity contribution < 1.29 is 18.0 Å². The van der Waals surface area contributed by atoms with E-state index in [1.807, 2.05) is 0 Å². The van der Waals surface area contributed by atoms with E-state index in [1.165, 1.54) is 24.8 Å². The monoisotopic (exact) mass is 323 g/mol. The largest absolute Gasteiger partial charge is 0.461 e. The molecule has 24 heavy (non-hydrogen) atoms. The topological polar surface area (TPSA) is 81.2 Å². The SMILES string of the molecule is O=C(Nc1ccc(-c2nnco2)cc1)c1ccc(F)c2occc12. The van der Waals surface area contributed by atoms with Crippen LogP contribution < -0.4 is 5.32 Å². The number of carbonyl (C=O) groups is 1. The number of halogens is 1. The first-order chi connectivity index (χ1) is 11.7. The van der Waals surface area contributed by atoms with Crippen molar-refractivity contribution in [3.05, 3.63) is 66.5 Å². The number of carbonyl (C=O) groups excluding carboxylic acids is 1. The van der Waals surface area contributed by atoms with Gasteiger partial charge in [-0.1, -0.05) is 0 Å². The Hall–Kier alpha value is -3.48. The summed E-state index contributed by atoms with van der Waals surface area (Å²) in [4.78, 5) is 12.4. The Morgan fingerprint density at radius 3 is 2.62 bits per heavy atom. The van der Waals surface area contributed by atoms with Crippen molar-refractivity contribution in [1.29, 1.82) is 0 Å². The Balaban J connectivity index is 1.59. The zero-order valence-corrected chi connectivity index (χ0v) is 12.2. The minimum Gasteiger partial charge on any atom is -0.461 e. The average Bonchev–Trinajstić information content (AvgIpc) is 3.28. The van der Waals surface area contributed by atoms with Gasteiger partial charge < -0.3 is 14.2 Å². The lowest BCUT2D eigenvalue weighted by Crippen LogP contribution is -2.12. The standard InChI is InChI=1S/C17H10FN3O3/c18-14-6-5-13(12-7-8-23-15(12)14)16(22)20-11-3-1-10(2-4-11)17-21-19-9-24-17/h1-9H,(H,20,22). The van der Waals surface area contributed by atoms with Crippen LogP contribution in [0, 0.1) is 5.82 Å². The quantitative estimate of drug-likeness (QED) is 0.619. The molecule has 118 valence electrons. The Bertz CT molecular complexity index is 1010. The Labute approximate surface area is 134 Å². The van der Waals surface area contributed by atoms with Gasteiger partial charge in [-0.05, 0) is 42.5 Å². The summed E-state index contributed by atoms with van der Waals surface area (Å²) in [5, 5.41) is 10.6. The van der Waals surface area contributed by atoms with E-state index in [1.54, 1.807) is 30.3 Å². The lowest BCUT2D eigenvalue weighted by Gasteiger charge is -2.07. The number of aromatic nitrogens is 2. The Kier molecular flexibility index (Phi) is 3.31. The maximum absolute atomic E-state index is 13.6. The lowest BCUT2D eigenvalue weighted by molar-refractivity contribution is 0.102. The van der Waals surface area contributed by atoms with Crippen molar-refractivity contribution in [3.8, 4) is 11.5 Å². The first-order valence-corrected chi connectivity index (χ1v) is 7.06. The molecule has 0 saturated carbocycles. The molecule has 6 nitrogen and oxygen atoms in total. The molecule has 4 aromatic rings. The van der Waals surface area contributed by atoms with Gasteiger partial charge in [-0.3, -0.25) is 4.79 Å². The smallest absolute Gasteiger partial charge is 0.256 e. The van der Waals surface area contributed by atoms with E-state index < -0.39 is 5.82 Å². The third-order valence-electron chi connectivity index (χ3n) is 3.56. The van der Waals surface area contributed by atoms with Crippen molar-refractivity contribution in [2.24, 2.45) is 0 Å². The van der Waals surface area contributed by atoms with Gasteiger partial charge in [0.1, 0.15) is 0 Å². The number of amides is 1. The van der Waals surface area contributed by atoms with Gasteiger partial charge in [0.2, 0.25) is 12.3 Å². The number of furan rings is 1. The summed E-state index contributed by atoms with van der Waals surface area (Å²) in [5.74, 6) is -0.464. The summed E-state index contributed by atoms with van der Waals surface area (Å²) < 4.78 is 23.8. The van der Waals surface area contributed by atoms with E-state index in [2.05, 4.69) is 15.5 Å². The molecule has 0 spiro atoms. The highest BCUT2D eigenvalue weighted by atomic mass is 19.1. The predicted octanol–water partition coefficient (Wildman–Crippen LogP) is 3.87. The Morgan fingerprint density at radius 1 is 1.04 bits per heavy atom. The number of rotatable bonds is 3. The fourth-order valence-corrected chi connectivity index (χ4v) is 2.42. The molecule has 0 aliphatic heterocycles. The van der Waals surface area contributed by atoms with E-state index >= 15 is 0 Å². The zero-order valence-electron chi connectivity index (χ0n) is 12.2. The van der Waals surface area contributed by atoms with Crippen molar-refractivity contribution in [2.75, 3.05) is 5.32 Å². The number of nitrogens with zero attached hydrogens (tertiary/aromatic N) is 2. The summed E-state index contributed by atoms with van der Waals surface area (Å²) in [6.45, 7) is 0. The van der Waals surface area contributed by atoms with Crippen LogP contribution in [-0.2, 0) is 0 Å².